The third kappa shape index (κ3) is 7.05. The van der Waals surface area contributed by atoms with E-state index >= 15 is 0 Å². The van der Waals surface area contributed by atoms with Gasteiger partial charge in [0.05, 0.1) is 18.3 Å². The first-order valence-corrected chi connectivity index (χ1v) is 11.9. The van der Waals surface area contributed by atoms with Crippen molar-refractivity contribution < 1.29 is 43.1 Å². The first-order chi connectivity index (χ1) is 16.2. The summed E-state index contributed by atoms with van der Waals surface area (Å²) in [5, 5.41) is 10.8. The molecule has 0 aromatic heterocycles. The molecule has 2 aliphatic heterocycles. The summed E-state index contributed by atoms with van der Waals surface area (Å²) >= 11 is 0. The van der Waals surface area contributed by atoms with Gasteiger partial charge in [-0.3, -0.25) is 0 Å². The monoisotopic (exact) mass is 482 g/mol. The van der Waals surface area contributed by atoms with E-state index in [0.717, 1.165) is 5.56 Å². The zero-order valence-electron chi connectivity index (χ0n) is 20.8. The summed E-state index contributed by atoms with van der Waals surface area (Å²) in [7, 11) is 3.05. The van der Waals surface area contributed by atoms with Crippen molar-refractivity contribution >= 4 is 5.97 Å². The van der Waals surface area contributed by atoms with Crippen LogP contribution in [0, 0.1) is 0 Å². The first-order valence-electron chi connectivity index (χ1n) is 11.9. The Balaban J connectivity index is 1.93. The SMILES string of the molecule is COCOc1cc2c(c(OCOC)c1)C(=O)O[C@@H](C)CCCC(O)[C@H]1OC(C)(C)O[C@H]1CCC2. The summed E-state index contributed by atoms with van der Waals surface area (Å²) in [5.74, 6) is -0.353. The average molecular weight is 483 g/mol. The Morgan fingerprint density at radius 2 is 1.76 bits per heavy atom. The Morgan fingerprint density at radius 1 is 1.03 bits per heavy atom. The van der Waals surface area contributed by atoms with Crippen LogP contribution in [0.3, 0.4) is 0 Å². The smallest absolute Gasteiger partial charge is 0.342 e. The number of carbonyl (C=O) groups is 1. The summed E-state index contributed by atoms with van der Waals surface area (Å²) in [6.07, 6.45) is 2.14. The number of methoxy groups -OCH3 is 2. The molecule has 0 amide bonds. The number of aliphatic hydroxyl groups is 1. The number of carbonyl (C=O) groups excluding carboxylic acids is 1. The molecular weight excluding hydrogens is 444 g/mol. The van der Waals surface area contributed by atoms with Gasteiger partial charge >= 0.3 is 5.97 Å². The highest BCUT2D eigenvalue weighted by atomic mass is 16.8. The zero-order valence-corrected chi connectivity index (χ0v) is 20.8. The summed E-state index contributed by atoms with van der Waals surface area (Å²) < 4.78 is 39.4. The second kappa shape index (κ2) is 12.2. The van der Waals surface area contributed by atoms with Gasteiger partial charge in [-0.25, -0.2) is 4.79 Å². The highest BCUT2D eigenvalue weighted by molar-refractivity contribution is 5.94. The number of cyclic esters (lactones) is 1. The normalized spacial score (nSPS) is 27.8. The number of rotatable bonds is 6. The van der Waals surface area contributed by atoms with E-state index in [1.165, 1.54) is 14.2 Å². The van der Waals surface area contributed by atoms with E-state index in [4.69, 9.17) is 33.2 Å². The van der Waals surface area contributed by atoms with E-state index in [1.54, 1.807) is 6.07 Å². The largest absolute Gasteiger partial charge is 0.467 e. The first kappa shape index (κ1) is 26.7. The number of aliphatic hydroxyl groups excluding tert-OH is 1. The second-order valence-electron chi connectivity index (χ2n) is 9.30. The van der Waals surface area contributed by atoms with E-state index in [-0.39, 0.29) is 25.8 Å². The Kier molecular flexibility index (Phi) is 9.56. The minimum Gasteiger partial charge on any atom is -0.467 e. The van der Waals surface area contributed by atoms with Crippen molar-refractivity contribution in [3.05, 3.63) is 23.3 Å². The second-order valence-corrected chi connectivity index (χ2v) is 9.30. The Labute approximate surface area is 201 Å². The van der Waals surface area contributed by atoms with Crippen molar-refractivity contribution in [3.63, 3.8) is 0 Å². The molecule has 0 aliphatic carbocycles. The Hall–Kier alpha value is -1.91. The molecule has 0 radical (unpaired) electrons. The number of esters is 1. The van der Waals surface area contributed by atoms with Crippen molar-refractivity contribution in [1.82, 2.24) is 0 Å². The van der Waals surface area contributed by atoms with Crippen molar-refractivity contribution in [2.45, 2.75) is 89.5 Å². The fourth-order valence-electron chi connectivity index (χ4n) is 4.51. The molecule has 1 aromatic rings. The number of hydrogen-bond acceptors (Lipinski definition) is 9. The van der Waals surface area contributed by atoms with Crippen LogP contribution >= 0.6 is 0 Å². The molecule has 0 bridgehead atoms. The van der Waals surface area contributed by atoms with E-state index in [0.29, 0.717) is 55.6 Å². The highest BCUT2D eigenvalue weighted by Gasteiger charge is 2.44. The molecule has 9 nitrogen and oxygen atoms in total. The van der Waals surface area contributed by atoms with Crippen LogP contribution in [0.4, 0.5) is 0 Å². The molecule has 1 N–H and O–H groups in total. The number of aryl methyl sites for hydroxylation is 1. The van der Waals surface area contributed by atoms with Crippen molar-refractivity contribution in [2.24, 2.45) is 0 Å². The van der Waals surface area contributed by atoms with Crippen LogP contribution in [0.5, 0.6) is 11.5 Å². The number of hydrogen-bond donors (Lipinski definition) is 1. The third-order valence-corrected chi connectivity index (χ3v) is 5.99. The van der Waals surface area contributed by atoms with E-state index in [2.05, 4.69) is 0 Å². The Morgan fingerprint density at radius 3 is 2.50 bits per heavy atom. The maximum Gasteiger partial charge on any atom is 0.342 e. The predicted octanol–water partition coefficient (Wildman–Crippen LogP) is 3.58. The van der Waals surface area contributed by atoms with Crippen molar-refractivity contribution in [2.75, 3.05) is 27.8 Å². The number of ether oxygens (including phenoxy) is 7. The van der Waals surface area contributed by atoms with Gasteiger partial charge in [-0.1, -0.05) is 0 Å². The molecule has 0 spiro atoms. The van der Waals surface area contributed by atoms with Gasteiger partial charge in [0.2, 0.25) is 0 Å². The van der Waals surface area contributed by atoms with E-state index in [1.807, 2.05) is 26.8 Å². The van der Waals surface area contributed by atoms with Gasteiger partial charge in [-0.2, -0.15) is 0 Å². The molecule has 1 saturated heterocycles. The van der Waals surface area contributed by atoms with E-state index in [9.17, 15) is 9.90 Å². The fraction of sp³-hybridized carbons (Fsp3) is 0.720. The maximum absolute atomic E-state index is 13.2. The number of benzene rings is 1. The van der Waals surface area contributed by atoms with E-state index < -0.39 is 24.0 Å². The van der Waals surface area contributed by atoms with Crippen LogP contribution in [0.1, 0.15) is 68.8 Å². The van der Waals surface area contributed by atoms with Gasteiger partial charge in [0, 0.05) is 20.3 Å². The lowest BCUT2D eigenvalue weighted by atomic mass is 9.95. The minimum atomic E-state index is -0.753. The van der Waals surface area contributed by atoms with Gasteiger partial charge in [0.25, 0.3) is 0 Å². The van der Waals surface area contributed by atoms with Crippen LogP contribution < -0.4 is 9.47 Å². The lowest BCUT2D eigenvalue weighted by Crippen LogP contribution is -2.35. The molecule has 0 saturated carbocycles. The van der Waals surface area contributed by atoms with Crippen LogP contribution in [0.2, 0.25) is 0 Å². The molecular formula is C25H38O9. The Bertz CT molecular complexity index is 810. The molecule has 1 fully saturated rings. The summed E-state index contributed by atoms with van der Waals surface area (Å²) in [6.45, 7) is 5.62. The summed E-state index contributed by atoms with van der Waals surface area (Å²) in [5.41, 5.74) is 1.11. The molecule has 1 unspecified atom stereocenters. The quantitative estimate of drug-likeness (QED) is 0.481. The highest BCUT2D eigenvalue weighted by Crippen LogP contribution is 2.36. The molecule has 9 heteroatoms. The summed E-state index contributed by atoms with van der Waals surface area (Å²) in [4.78, 5) is 13.2. The van der Waals surface area contributed by atoms with Crippen LogP contribution in [-0.4, -0.2) is 69.1 Å². The van der Waals surface area contributed by atoms with Gasteiger partial charge in [0.15, 0.2) is 19.4 Å². The maximum atomic E-state index is 13.2. The minimum absolute atomic E-state index is 0.0229. The van der Waals surface area contributed by atoms with Crippen molar-refractivity contribution in [1.29, 1.82) is 0 Å². The third-order valence-electron chi connectivity index (χ3n) is 5.99. The fourth-order valence-corrected chi connectivity index (χ4v) is 4.51. The lowest BCUT2D eigenvalue weighted by Gasteiger charge is -2.24. The van der Waals surface area contributed by atoms with Crippen molar-refractivity contribution in [3.8, 4) is 11.5 Å². The molecule has 4 atom stereocenters. The molecule has 192 valence electrons. The standard InChI is InChI=1S/C25H38O9/c1-16-8-6-10-19(26)23-20(33-25(2,3)34-23)11-7-9-17-12-18(30-14-28-4)13-21(31-15-29-5)22(17)24(27)32-16/h12-13,16,19-20,23,26H,6-11,14-15H2,1-5H3/t16-,19?,20-,23+/m0/s1. The molecule has 3 rings (SSSR count). The van der Waals surface area contributed by atoms with Gasteiger partial charge in [-0.15, -0.1) is 0 Å². The van der Waals surface area contributed by atoms with Crippen LogP contribution in [0.25, 0.3) is 0 Å². The molecule has 2 aliphatic rings. The van der Waals surface area contributed by atoms with Crippen LogP contribution in [-0.2, 0) is 30.1 Å². The molecule has 2 heterocycles. The zero-order chi connectivity index (χ0) is 24.7. The van der Waals surface area contributed by atoms with Gasteiger partial charge in [0.1, 0.15) is 23.2 Å². The lowest BCUT2D eigenvalue weighted by molar-refractivity contribution is -0.156. The number of fused-ring (bicyclic) bond motifs is 2. The predicted molar refractivity (Wildman–Crippen MR) is 123 cm³/mol. The topological polar surface area (TPSA) is 102 Å². The van der Waals surface area contributed by atoms with Gasteiger partial charge < -0.3 is 38.3 Å². The summed E-state index contributed by atoms with van der Waals surface area (Å²) in [6, 6.07) is 3.46. The molecule has 1 aromatic carbocycles. The van der Waals surface area contributed by atoms with Crippen LogP contribution in [0.15, 0.2) is 12.1 Å². The molecule has 34 heavy (non-hydrogen) atoms. The van der Waals surface area contributed by atoms with Gasteiger partial charge in [-0.05, 0) is 70.9 Å². The average Bonchev–Trinajstić information content (AvgIpc) is 3.09.